The Morgan fingerprint density at radius 2 is 2.05 bits per heavy atom. The third-order valence-electron chi connectivity index (χ3n) is 3.86. The maximum absolute atomic E-state index is 12.5. The molecule has 0 atom stereocenters. The molecule has 0 aromatic heterocycles. The van der Waals surface area contributed by atoms with Crippen LogP contribution in [0, 0.1) is 24.2 Å². The molecule has 0 unspecified atom stereocenters. The first-order valence-corrected chi connectivity index (χ1v) is 8.14. The van der Waals surface area contributed by atoms with Crippen molar-refractivity contribution < 1.29 is 8.42 Å². The van der Waals surface area contributed by atoms with E-state index in [1.54, 1.807) is 19.1 Å². The van der Waals surface area contributed by atoms with Gasteiger partial charge in [-0.3, -0.25) is 0 Å². The number of piperidine rings is 1. The van der Waals surface area contributed by atoms with Crippen molar-refractivity contribution >= 4 is 10.0 Å². The summed E-state index contributed by atoms with van der Waals surface area (Å²) in [5.41, 5.74) is 6.81. The van der Waals surface area contributed by atoms with Crippen LogP contribution in [-0.4, -0.2) is 32.4 Å². The third kappa shape index (κ3) is 2.85. The highest BCUT2D eigenvalue weighted by Crippen LogP contribution is 2.24. The Morgan fingerprint density at radius 3 is 2.55 bits per heavy atom. The molecule has 1 aliphatic heterocycles. The second-order valence-corrected chi connectivity index (χ2v) is 7.11. The first-order valence-electron chi connectivity index (χ1n) is 6.70. The van der Waals surface area contributed by atoms with Crippen molar-refractivity contribution in [2.45, 2.75) is 24.7 Å². The van der Waals surface area contributed by atoms with Crippen molar-refractivity contribution in [3.05, 3.63) is 29.3 Å². The summed E-state index contributed by atoms with van der Waals surface area (Å²) in [7, 11) is -3.46. The van der Waals surface area contributed by atoms with Crippen LogP contribution in [-0.2, 0) is 10.0 Å². The zero-order chi connectivity index (χ0) is 14.8. The fourth-order valence-corrected chi connectivity index (χ4v) is 4.01. The second-order valence-electron chi connectivity index (χ2n) is 5.17. The van der Waals surface area contributed by atoms with E-state index in [4.69, 9.17) is 11.0 Å². The molecule has 5 nitrogen and oxygen atoms in total. The monoisotopic (exact) mass is 293 g/mol. The largest absolute Gasteiger partial charge is 0.330 e. The maximum atomic E-state index is 12.5. The quantitative estimate of drug-likeness (QED) is 0.908. The van der Waals surface area contributed by atoms with E-state index in [2.05, 4.69) is 0 Å². The molecule has 1 heterocycles. The van der Waals surface area contributed by atoms with Crippen LogP contribution >= 0.6 is 0 Å². The highest BCUT2D eigenvalue weighted by Gasteiger charge is 2.29. The van der Waals surface area contributed by atoms with Crippen LogP contribution < -0.4 is 5.73 Å². The standard InChI is InChI=1S/C14H19N3O2S/c1-11-8-14(3-2-13(11)10-16)20(18,19)17-6-4-12(9-15)5-7-17/h2-3,8,12H,4-7,9,15H2,1H3. The number of nitriles is 1. The number of rotatable bonds is 3. The van der Waals surface area contributed by atoms with E-state index in [9.17, 15) is 8.42 Å². The first kappa shape index (κ1) is 15.0. The molecule has 1 aromatic carbocycles. The molecule has 2 rings (SSSR count). The van der Waals surface area contributed by atoms with E-state index in [-0.39, 0.29) is 4.90 Å². The Labute approximate surface area is 120 Å². The average Bonchev–Trinajstić information content (AvgIpc) is 2.47. The Kier molecular flexibility index (Phi) is 4.43. The smallest absolute Gasteiger partial charge is 0.243 e. The van der Waals surface area contributed by atoms with Crippen LogP contribution in [0.2, 0.25) is 0 Å². The van der Waals surface area contributed by atoms with Crippen LogP contribution in [0.15, 0.2) is 23.1 Å². The Balaban J connectivity index is 2.23. The van der Waals surface area contributed by atoms with Gasteiger partial charge in [0.05, 0.1) is 16.5 Å². The lowest BCUT2D eigenvalue weighted by Gasteiger charge is -2.30. The Bertz CT molecular complexity index is 626. The van der Waals surface area contributed by atoms with Crippen LogP contribution in [0.3, 0.4) is 0 Å². The van der Waals surface area contributed by atoms with Gasteiger partial charge in [-0.2, -0.15) is 9.57 Å². The number of nitrogens with zero attached hydrogens (tertiary/aromatic N) is 2. The number of sulfonamides is 1. The highest BCUT2D eigenvalue weighted by atomic mass is 32.2. The first-order chi connectivity index (χ1) is 9.48. The number of nitrogens with two attached hydrogens (primary N) is 1. The van der Waals surface area contributed by atoms with Gasteiger partial charge in [-0.25, -0.2) is 8.42 Å². The summed E-state index contributed by atoms with van der Waals surface area (Å²) in [4.78, 5) is 0.264. The molecule has 0 amide bonds. The molecule has 6 heteroatoms. The summed E-state index contributed by atoms with van der Waals surface area (Å²) in [6.07, 6.45) is 1.62. The molecular formula is C14H19N3O2S. The van der Waals surface area contributed by atoms with Crippen molar-refractivity contribution in [1.82, 2.24) is 4.31 Å². The van der Waals surface area contributed by atoms with Gasteiger partial charge in [-0.15, -0.1) is 0 Å². The molecule has 0 bridgehead atoms. The van der Waals surface area contributed by atoms with Crippen LogP contribution in [0.5, 0.6) is 0 Å². The third-order valence-corrected chi connectivity index (χ3v) is 5.76. The lowest BCUT2D eigenvalue weighted by Crippen LogP contribution is -2.40. The van der Waals surface area contributed by atoms with Gasteiger partial charge in [0.2, 0.25) is 10.0 Å². The molecule has 2 N–H and O–H groups in total. The number of aryl methyl sites for hydroxylation is 1. The van der Waals surface area contributed by atoms with Crippen molar-refractivity contribution in [3.63, 3.8) is 0 Å². The van der Waals surface area contributed by atoms with Gasteiger partial charge in [0.15, 0.2) is 0 Å². The molecule has 1 saturated heterocycles. The molecule has 20 heavy (non-hydrogen) atoms. The second kappa shape index (κ2) is 5.92. The highest BCUT2D eigenvalue weighted by molar-refractivity contribution is 7.89. The maximum Gasteiger partial charge on any atom is 0.243 e. The predicted molar refractivity (Wildman–Crippen MR) is 76.4 cm³/mol. The number of hydrogen-bond donors (Lipinski definition) is 1. The SMILES string of the molecule is Cc1cc(S(=O)(=O)N2CCC(CN)CC2)ccc1C#N. The topological polar surface area (TPSA) is 87.2 Å². The fraction of sp³-hybridized carbons (Fsp3) is 0.500. The summed E-state index contributed by atoms with van der Waals surface area (Å²) >= 11 is 0. The van der Waals surface area contributed by atoms with E-state index in [0.29, 0.717) is 36.7 Å². The number of hydrogen-bond acceptors (Lipinski definition) is 4. The number of benzene rings is 1. The van der Waals surface area contributed by atoms with Gasteiger partial charge in [-0.1, -0.05) is 0 Å². The van der Waals surface area contributed by atoms with Crippen molar-refractivity contribution in [2.75, 3.05) is 19.6 Å². The zero-order valence-corrected chi connectivity index (χ0v) is 12.4. The molecule has 0 radical (unpaired) electrons. The molecular weight excluding hydrogens is 274 g/mol. The summed E-state index contributed by atoms with van der Waals surface area (Å²) < 4.78 is 26.6. The molecule has 108 valence electrons. The van der Waals surface area contributed by atoms with Crippen molar-refractivity contribution in [3.8, 4) is 6.07 Å². The van der Waals surface area contributed by atoms with Crippen molar-refractivity contribution in [2.24, 2.45) is 11.7 Å². The molecule has 1 aromatic rings. The minimum atomic E-state index is -3.46. The van der Waals surface area contributed by atoms with Crippen LogP contribution in [0.25, 0.3) is 0 Å². The Morgan fingerprint density at radius 1 is 1.40 bits per heavy atom. The lowest BCUT2D eigenvalue weighted by atomic mass is 9.99. The lowest BCUT2D eigenvalue weighted by molar-refractivity contribution is 0.278. The predicted octanol–water partition coefficient (Wildman–Crippen LogP) is 1.23. The molecule has 0 saturated carbocycles. The van der Waals surface area contributed by atoms with Gasteiger partial charge >= 0.3 is 0 Å². The van der Waals surface area contributed by atoms with Gasteiger partial charge < -0.3 is 5.73 Å². The van der Waals surface area contributed by atoms with E-state index in [0.717, 1.165) is 12.8 Å². The molecule has 1 fully saturated rings. The van der Waals surface area contributed by atoms with Gasteiger partial charge in [0, 0.05) is 13.1 Å². The van der Waals surface area contributed by atoms with E-state index >= 15 is 0 Å². The molecule has 1 aliphatic rings. The van der Waals surface area contributed by atoms with Crippen LogP contribution in [0.4, 0.5) is 0 Å². The summed E-state index contributed by atoms with van der Waals surface area (Å²) in [5, 5.41) is 8.90. The summed E-state index contributed by atoms with van der Waals surface area (Å²) in [5.74, 6) is 0.421. The Hall–Kier alpha value is -1.42. The molecule has 0 spiro atoms. The van der Waals surface area contributed by atoms with Gasteiger partial charge in [-0.05, 0) is 56.0 Å². The van der Waals surface area contributed by atoms with Gasteiger partial charge in [0.25, 0.3) is 0 Å². The van der Waals surface area contributed by atoms with E-state index in [1.165, 1.54) is 10.4 Å². The average molecular weight is 293 g/mol. The summed E-state index contributed by atoms with van der Waals surface area (Å²) in [6.45, 7) is 3.40. The minimum Gasteiger partial charge on any atom is -0.330 e. The normalized spacial score (nSPS) is 17.9. The molecule has 0 aliphatic carbocycles. The summed E-state index contributed by atoms with van der Waals surface area (Å²) in [6, 6.07) is 6.69. The fourth-order valence-electron chi connectivity index (χ4n) is 2.46. The van der Waals surface area contributed by atoms with Crippen molar-refractivity contribution in [1.29, 1.82) is 5.26 Å². The van der Waals surface area contributed by atoms with Crippen LogP contribution in [0.1, 0.15) is 24.0 Å². The van der Waals surface area contributed by atoms with Gasteiger partial charge in [0.1, 0.15) is 0 Å². The van der Waals surface area contributed by atoms with E-state index in [1.807, 2.05) is 6.07 Å². The zero-order valence-electron chi connectivity index (χ0n) is 11.5. The van der Waals surface area contributed by atoms with E-state index < -0.39 is 10.0 Å². The minimum absolute atomic E-state index is 0.264.